The molecule has 29 heavy (non-hydrogen) atoms. The molecule has 0 radical (unpaired) electrons. The van der Waals surface area contributed by atoms with Crippen LogP contribution in [0.1, 0.15) is 16.7 Å². The molecule has 0 unspecified atom stereocenters. The van der Waals surface area contributed by atoms with Crippen LogP contribution >= 0.6 is 0 Å². The minimum absolute atomic E-state index is 0.0417. The first-order valence-corrected chi connectivity index (χ1v) is 9.30. The van der Waals surface area contributed by atoms with Gasteiger partial charge in [0.25, 0.3) is 0 Å². The fraction of sp³-hybridized carbons (Fsp3) is 0.190. The molecule has 0 atom stereocenters. The lowest BCUT2D eigenvalue weighted by Crippen LogP contribution is -2.31. The van der Waals surface area contributed by atoms with E-state index in [2.05, 4.69) is 27.1 Å². The van der Waals surface area contributed by atoms with Gasteiger partial charge in [-0.2, -0.15) is 0 Å². The van der Waals surface area contributed by atoms with Gasteiger partial charge in [-0.25, -0.2) is 27.6 Å². The molecule has 0 spiro atoms. The number of anilines is 1. The number of nitrogens with zero attached hydrogens (tertiary/aromatic N) is 5. The van der Waals surface area contributed by atoms with Gasteiger partial charge >= 0.3 is 5.69 Å². The van der Waals surface area contributed by atoms with Gasteiger partial charge in [-0.1, -0.05) is 30.3 Å². The van der Waals surface area contributed by atoms with Crippen molar-refractivity contribution in [2.24, 2.45) is 0 Å². The van der Waals surface area contributed by atoms with E-state index in [0.29, 0.717) is 23.6 Å². The highest BCUT2D eigenvalue weighted by Gasteiger charge is 2.21. The van der Waals surface area contributed by atoms with E-state index in [1.165, 1.54) is 26.3 Å². The lowest BCUT2D eigenvalue weighted by atomic mass is 10.00. The third kappa shape index (κ3) is 3.06. The largest absolute Gasteiger partial charge is 0.350 e. The third-order valence-electron chi connectivity index (χ3n) is 5.23. The van der Waals surface area contributed by atoms with Crippen LogP contribution in [0.15, 0.2) is 59.7 Å². The van der Waals surface area contributed by atoms with E-state index in [1.807, 2.05) is 12.1 Å². The van der Waals surface area contributed by atoms with E-state index in [9.17, 15) is 13.6 Å². The number of halogens is 2. The van der Waals surface area contributed by atoms with Crippen LogP contribution in [0.5, 0.6) is 0 Å². The van der Waals surface area contributed by atoms with Crippen molar-refractivity contribution in [3.63, 3.8) is 0 Å². The normalized spacial score (nSPS) is 13.7. The van der Waals surface area contributed by atoms with Gasteiger partial charge in [0.05, 0.1) is 6.54 Å². The van der Waals surface area contributed by atoms with Gasteiger partial charge in [0.15, 0.2) is 17.5 Å². The molecule has 0 bridgehead atoms. The maximum atomic E-state index is 13.5. The molecule has 146 valence electrons. The number of rotatable bonds is 3. The Morgan fingerprint density at radius 2 is 1.86 bits per heavy atom. The zero-order chi connectivity index (χ0) is 20.0. The van der Waals surface area contributed by atoms with Crippen molar-refractivity contribution >= 4 is 11.5 Å². The summed E-state index contributed by atoms with van der Waals surface area (Å²) in [6.07, 6.45) is 4.03. The standard InChI is InChI=1S/C21H17F2N5O/c22-17-6-5-14(11-18(17)23)12-28-21(29)27-10-8-24-19(20(27)25-28)26-9-7-15-3-1-2-4-16(15)13-26/h1-6,8,10-11H,7,9,12-13H2. The second kappa shape index (κ2) is 6.80. The van der Waals surface area contributed by atoms with Gasteiger partial charge in [-0.3, -0.25) is 0 Å². The molecular formula is C21H17F2N5O. The van der Waals surface area contributed by atoms with E-state index in [0.717, 1.165) is 25.1 Å². The van der Waals surface area contributed by atoms with E-state index < -0.39 is 11.6 Å². The molecule has 0 saturated carbocycles. The van der Waals surface area contributed by atoms with Crippen LogP contribution < -0.4 is 10.6 Å². The molecule has 6 nitrogen and oxygen atoms in total. The minimum atomic E-state index is -0.950. The summed E-state index contributed by atoms with van der Waals surface area (Å²) in [5.41, 5.74) is 3.09. The van der Waals surface area contributed by atoms with Crippen molar-refractivity contribution in [3.8, 4) is 0 Å². The molecule has 0 fully saturated rings. The molecule has 3 heterocycles. The Morgan fingerprint density at radius 3 is 2.69 bits per heavy atom. The van der Waals surface area contributed by atoms with E-state index >= 15 is 0 Å². The van der Waals surface area contributed by atoms with Crippen molar-refractivity contribution in [1.82, 2.24) is 19.2 Å². The first-order chi connectivity index (χ1) is 14.1. The Balaban J connectivity index is 1.52. The zero-order valence-electron chi connectivity index (χ0n) is 15.4. The summed E-state index contributed by atoms with van der Waals surface area (Å²) in [6.45, 7) is 1.50. The van der Waals surface area contributed by atoms with E-state index in [4.69, 9.17) is 0 Å². The second-order valence-corrected chi connectivity index (χ2v) is 7.07. The maximum Gasteiger partial charge on any atom is 0.350 e. The average Bonchev–Trinajstić information content (AvgIpc) is 3.06. The Kier molecular flexibility index (Phi) is 4.12. The lowest BCUT2D eigenvalue weighted by molar-refractivity contribution is 0.505. The molecular weight excluding hydrogens is 376 g/mol. The molecule has 5 rings (SSSR count). The molecule has 0 amide bonds. The highest BCUT2D eigenvalue weighted by atomic mass is 19.2. The fourth-order valence-electron chi connectivity index (χ4n) is 3.75. The monoisotopic (exact) mass is 393 g/mol. The summed E-state index contributed by atoms with van der Waals surface area (Å²) >= 11 is 0. The molecule has 0 saturated heterocycles. The molecule has 0 aliphatic carbocycles. The SMILES string of the molecule is O=c1n(Cc2ccc(F)c(F)c2)nc2c(N3CCc4ccccc4C3)nccn12. The maximum absolute atomic E-state index is 13.5. The summed E-state index contributed by atoms with van der Waals surface area (Å²) in [4.78, 5) is 19.3. The lowest BCUT2D eigenvalue weighted by Gasteiger charge is -2.29. The van der Waals surface area contributed by atoms with Crippen LogP contribution in [-0.4, -0.2) is 25.7 Å². The van der Waals surface area contributed by atoms with Crippen molar-refractivity contribution < 1.29 is 8.78 Å². The van der Waals surface area contributed by atoms with Gasteiger partial charge in [0.2, 0.25) is 5.65 Å². The second-order valence-electron chi connectivity index (χ2n) is 7.07. The van der Waals surface area contributed by atoms with Gasteiger partial charge in [0, 0.05) is 25.5 Å². The topological polar surface area (TPSA) is 55.4 Å². The molecule has 0 N–H and O–H groups in total. The highest BCUT2D eigenvalue weighted by Crippen LogP contribution is 2.25. The number of aromatic nitrogens is 4. The minimum Gasteiger partial charge on any atom is -0.349 e. The molecule has 2 aromatic heterocycles. The third-order valence-corrected chi connectivity index (χ3v) is 5.23. The van der Waals surface area contributed by atoms with Gasteiger partial charge < -0.3 is 4.90 Å². The summed E-state index contributed by atoms with van der Waals surface area (Å²) < 4.78 is 29.4. The quantitative estimate of drug-likeness (QED) is 0.537. The molecule has 1 aliphatic heterocycles. The predicted octanol–water partition coefficient (Wildman–Crippen LogP) is 2.78. The summed E-state index contributed by atoms with van der Waals surface area (Å²) in [5, 5.41) is 4.44. The molecule has 4 aromatic rings. The summed E-state index contributed by atoms with van der Waals surface area (Å²) in [5.74, 6) is -1.25. The van der Waals surface area contributed by atoms with Gasteiger partial charge in [-0.15, -0.1) is 5.10 Å². The number of hydrogen-bond donors (Lipinski definition) is 0. The van der Waals surface area contributed by atoms with Crippen LogP contribution in [0.2, 0.25) is 0 Å². The number of hydrogen-bond acceptors (Lipinski definition) is 4. The smallest absolute Gasteiger partial charge is 0.349 e. The highest BCUT2D eigenvalue weighted by molar-refractivity contribution is 5.64. The van der Waals surface area contributed by atoms with Crippen molar-refractivity contribution in [3.05, 3.63) is 93.7 Å². The number of fused-ring (bicyclic) bond motifs is 2. The first-order valence-electron chi connectivity index (χ1n) is 9.30. The fourth-order valence-corrected chi connectivity index (χ4v) is 3.75. The van der Waals surface area contributed by atoms with Crippen LogP contribution in [0, 0.1) is 11.6 Å². The first kappa shape index (κ1) is 17.5. The van der Waals surface area contributed by atoms with E-state index in [1.54, 1.807) is 12.4 Å². The Morgan fingerprint density at radius 1 is 1.03 bits per heavy atom. The predicted molar refractivity (Wildman–Crippen MR) is 104 cm³/mol. The van der Waals surface area contributed by atoms with Crippen molar-refractivity contribution in [2.75, 3.05) is 11.4 Å². The van der Waals surface area contributed by atoms with Crippen molar-refractivity contribution in [1.29, 1.82) is 0 Å². The van der Waals surface area contributed by atoms with Crippen LogP contribution in [0.4, 0.5) is 14.6 Å². The van der Waals surface area contributed by atoms with Gasteiger partial charge in [0.1, 0.15) is 0 Å². The van der Waals surface area contributed by atoms with Crippen LogP contribution in [0.3, 0.4) is 0 Å². The number of benzene rings is 2. The van der Waals surface area contributed by atoms with Crippen LogP contribution in [0.25, 0.3) is 5.65 Å². The summed E-state index contributed by atoms with van der Waals surface area (Å²) in [6, 6.07) is 11.8. The average molecular weight is 393 g/mol. The Hall–Kier alpha value is -3.55. The Bertz CT molecular complexity index is 1280. The Labute approximate surface area is 164 Å². The molecule has 1 aliphatic rings. The van der Waals surface area contributed by atoms with Gasteiger partial charge in [-0.05, 0) is 35.2 Å². The van der Waals surface area contributed by atoms with Crippen LogP contribution in [-0.2, 0) is 19.5 Å². The molecule has 8 heteroatoms. The van der Waals surface area contributed by atoms with Crippen molar-refractivity contribution in [2.45, 2.75) is 19.5 Å². The summed E-state index contributed by atoms with van der Waals surface area (Å²) in [7, 11) is 0. The molecule has 2 aromatic carbocycles. The van der Waals surface area contributed by atoms with E-state index in [-0.39, 0.29) is 12.2 Å². The zero-order valence-corrected chi connectivity index (χ0v) is 15.4.